The number of carbonyl (C=O) groups is 1. The van der Waals surface area contributed by atoms with Crippen molar-refractivity contribution in [3.63, 3.8) is 0 Å². The van der Waals surface area contributed by atoms with Crippen molar-refractivity contribution < 1.29 is 19.4 Å². The zero-order valence-electron chi connectivity index (χ0n) is 10.3. The van der Waals surface area contributed by atoms with Gasteiger partial charge in [0.2, 0.25) is 5.88 Å². The predicted molar refractivity (Wildman–Crippen MR) is 62.9 cm³/mol. The summed E-state index contributed by atoms with van der Waals surface area (Å²) in [5, 5.41) is 9.17. The molecule has 1 atom stereocenters. The molecule has 0 bridgehead atoms. The summed E-state index contributed by atoms with van der Waals surface area (Å²) >= 11 is 0. The van der Waals surface area contributed by atoms with E-state index in [4.69, 9.17) is 14.6 Å². The first kappa shape index (κ1) is 12.6. The highest BCUT2D eigenvalue weighted by atomic mass is 16.5. The molecule has 1 fully saturated rings. The predicted octanol–water partition coefficient (Wildman–Crippen LogP) is 0.0834. The van der Waals surface area contributed by atoms with Crippen molar-refractivity contribution in [2.75, 3.05) is 31.8 Å². The van der Waals surface area contributed by atoms with Crippen LogP contribution in [0.2, 0.25) is 0 Å². The Balaban J connectivity index is 2.33. The molecule has 2 rings (SSSR count). The highest BCUT2D eigenvalue weighted by Gasteiger charge is 2.30. The third kappa shape index (κ3) is 2.51. The van der Waals surface area contributed by atoms with Gasteiger partial charge in [-0.25, -0.2) is 9.78 Å². The number of aliphatic carboxylic acids is 1. The van der Waals surface area contributed by atoms with Crippen LogP contribution in [0.1, 0.15) is 5.82 Å². The maximum atomic E-state index is 11.2. The van der Waals surface area contributed by atoms with Crippen molar-refractivity contribution in [1.82, 2.24) is 9.97 Å². The van der Waals surface area contributed by atoms with E-state index in [2.05, 4.69) is 9.97 Å². The fourth-order valence-corrected chi connectivity index (χ4v) is 1.86. The summed E-state index contributed by atoms with van der Waals surface area (Å²) < 4.78 is 10.3. The molecule has 0 amide bonds. The van der Waals surface area contributed by atoms with Crippen LogP contribution in [0, 0.1) is 6.92 Å². The van der Waals surface area contributed by atoms with Gasteiger partial charge in [-0.05, 0) is 6.92 Å². The number of carboxylic acids is 1. The summed E-state index contributed by atoms with van der Waals surface area (Å²) in [6.07, 6.45) is 0. The number of rotatable bonds is 3. The van der Waals surface area contributed by atoms with E-state index < -0.39 is 12.0 Å². The summed E-state index contributed by atoms with van der Waals surface area (Å²) in [6.45, 7) is 2.86. The number of hydrogen-bond donors (Lipinski definition) is 1. The number of anilines is 1. The lowest BCUT2D eigenvalue weighted by atomic mass is 10.2. The van der Waals surface area contributed by atoms with Crippen LogP contribution < -0.4 is 9.64 Å². The Labute approximate surface area is 104 Å². The summed E-state index contributed by atoms with van der Waals surface area (Å²) in [7, 11) is 1.51. The number of carboxylic acid groups (broad SMARTS) is 1. The maximum Gasteiger partial charge on any atom is 0.328 e. The van der Waals surface area contributed by atoms with Crippen molar-refractivity contribution in [2.24, 2.45) is 0 Å². The van der Waals surface area contributed by atoms with Gasteiger partial charge in [0.1, 0.15) is 11.6 Å². The Morgan fingerprint density at radius 1 is 1.61 bits per heavy atom. The van der Waals surface area contributed by atoms with Crippen LogP contribution >= 0.6 is 0 Å². The molecule has 18 heavy (non-hydrogen) atoms. The van der Waals surface area contributed by atoms with Crippen LogP contribution in [0.4, 0.5) is 5.82 Å². The first-order valence-corrected chi connectivity index (χ1v) is 5.58. The molecule has 0 saturated carbocycles. The molecule has 1 aromatic heterocycles. The van der Waals surface area contributed by atoms with E-state index in [1.165, 1.54) is 7.11 Å². The summed E-state index contributed by atoms with van der Waals surface area (Å²) in [5.41, 5.74) is 0. The van der Waals surface area contributed by atoms with E-state index in [0.29, 0.717) is 30.7 Å². The van der Waals surface area contributed by atoms with Crippen molar-refractivity contribution in [2.45, 2.75) is 13.0 Å². The quantitative estimate of drug-likeness (QED) is 0.816. The Bertz CT molecular complexity index is 452. The Hall–Kier alpha value is -1.89. The molecule has 1 aliphatic heterocycles. The summed E-state index contributed by atoms with van der Waals surface area (Å²) in [6, 6.07) is 0.909. The van der Waals surface area contributed by atoms with E-state index in [1.807, 2.05) is 0 Å². The molecule has 2 heterocycles. The minimum absolute atomic E-state index is 0.153. The Morgan fingerprint density at radius 3 is 3.06 bits per heavy atom. The number of hydrogen-bond acceptors (Lipinski definition) is 6. The molecule has 1 unspecified atom stereocenters. The van der Waals surface area contributed by atoms with E-state index in [0.717, 1.165) is 0 Å². The van der Waals surface area contributed by atoms with Crippen LogP contribution in [0.3, 0.4) is 0 Å². The van der Waals surface area contributed by atoms with Crippen LogP contribution in [0.5, 0.6) is 5.88 Å². The number of aromatic nitrogens is 2. The molecule has 1 aliphatic rings. The van der Waals surface area contributed by atoms with E-state index in [9.17, 15) is 4.79 Å². The maximum absolute atomic E-state index is 11.2. The lowest BCUT2D eigenvalue weighted by Gasteiger charge is -2.33. The number of methoxy groups -OCH3 is 1. The molecule has 1 N–H and O–H groups in total. The fraction of sp³-hybridized carbons (Fsp3) is 0.545. The standard InChI is InChI=1S/C11H15N3O4/c1-7-12-9(5-10(13-7)17-2)14-3-4-18-6-8(14)11(15)16/h5,8H,3-4,6H2,1-2H3,(H,15,16). The van der Waals surface area contributed by atoms with Crippen LogP contribution in [-0.2, 0) is 9.53 Å². The monoisotopic (exact) mass is 253 g/mol. The second-order valence-corrected chi connectivity index (χ2v) is 3.94. The zero-order valence-corrected chi connectivity index (χ0v) is 10.3. The first-order valence-electron chi connectivity index (χ1n) is 5.58. The number of aryl methyl sites for hydroxylation is 1. The van der Waals surface area contributed by atoms with Crippen LogP contribution in [0.15, 0.2) is 6.07 Å². The van der Waals surface area contributed by atoms with Gasteiger partial charge in [-0.3, -0.25) is 0 Å². The third-order valence-electron chi connectivity index (χ3n) is 2.72. The molecule has 1 saturated heterocycles. The Morgan fingerprint density at radius 2 is 2.39 bits per heavy atom. The Kier molecular flexibility index (Phi) is 3.61. The van der Waals surface area contributed by atoms with Gasteiger partial charge < -0.3 is 19.5 Å². The van der Waals surface area contributed by atoms with E-state index in [1.54, 1.807) is 17.9 Å². The second-order valence-electron chi connectivity index (χ2n) is 3.94. The third-order valence-corrected chi connectivity index (χ3v) is 2.72. The van der Waals surface area contributed by atoms with Gasteiger partial charge >= 0.3 is 5.97 Å². The van der Waals surface area contributed by atoms with Crippen LogP contribution in [-0.4, -0.2) is 54.0 Å². The summed E-state index contributed by atoms with van der Waals surface area (Å²) in [4.78, 5) is 21.2. The molecular weight excluding hydrogens is 238 g/mol. The molecule has 0 spiro atoms. The minimum atomic E-state index is -0.926. The van der Waals surface area contributed by atoms with Crippen LogP contribution in [0.25, 0.3) is 0 Å². The van der Waals surface area contributed by atoms with Crippen molar-refractivity contribution in [3.8, 4) is 5.88 Å². The number of nitrogens with zero attached hydrogens (tertiary/aromatic N) is 3. The highest BCUT2D eigenvalue weighted by molar-refractivity contribution is 5.78. The molecular formula is C11H15N3O4. The highest BCUT2D eigenvalue weighted by Crippen LogP contribution is 2.21. The largest absolute Gasteiger partial charge is 0.481 e. The molecule has 1 aromatic rings. The number of ether oxygens (including phenoxy) is 2. The normalized spacial score (nSPS) is 19.7. The number of morpholine rings is 1. The zero-order chi connectivity index (χ0) is 13.1. The van der Waals surface area contributed by atoms with Gasteiger partial charge in [0.25, 0.3) is 0 Å². The van der Waals surface area contributed by atoms with Gasteiger partial charge in [-0.15, -0.1) is 0 Å². The van der Waals surface area contributed by atoms with Crippen molar-refractivity contribution in [1.29, 1.82) is 0 Å². The van der Waals surface area contributed by atoms with Gasteiger partial charge in [-0.2, -0.15) is 4.98 Å². The smallest absolute Gasteiger partial charge is 0.328 e. The molecule has 0 aliphatic carbocycles. The molecule has 0 radical (unpaired) electrons. The van der Waals surface area contributed by atoms with Gasteiger partial charge in [-0.1, -0.05) is 0 Å². The first-order chi connectivity index (χ1) is 8.61. The minimum Gasteiger partial charge on any atom is -0.481 e. The average molecular weight is 253 g/mol. The second kappa shape index (κ2) is 5.18. The molecule has 98 valence electrons. The summed E-state index contributed by atoms with van der Waals surface area (Å²) in [5.74, 6) is 0.591. The SMILES string of the molecule is COc1cc(N2CCOCC2C(=O)O)nc(C)n1. The molecule has 7 nitrogen and oxygen atoms in total. The average Bonchev–Trinajstić information content (AvgIpc) is 2.38. The lowest BCUT2D eigenvalue weighted by molar-refractivity contribution is -0.141. The lowest BCUT2D eigenvalue weighted by Crippen LogP contribution is -2.50. The molecule has 0 aromatic carbocycles. The van der Waals surface area contributed by atoms with Gasteiger partial charge in [0, 0.05) is 12.6 Å². The molecule has 7 heteroatoms. The van der Waals surface area contributed by atoms with Crippen molar-refractivity contribution >= 4 is 11.8 Å². The van der Waals surface area contributed by atoms with E-state index >= 15 is 0 Å². The fourth-order valence-electron chi connectivity index (χ4n) is 1.86. The van der Waals surface area contributed by atoms with Gasteiger partial charge in [0.05, 0.1) is 20.3 Å². The van der Waals surface area contributed by atoms with Gasteiger partial charge in [0.15, 0.2) is 6.04 Å². The topological polar surface area (TPSA) is 84.8 Å². The van der Waals surface area contributed by atoms with Crippen molar-refractivity contribution in [3.05, 3.63) is 11.9 Å². The van der Waals surface area contributed by atoms with E-state index in [-0.39, 0.29) is 6.61 Å².